The smallest absolute Gasteiger partial charge is 0.302 e. The molecule has 0 radical (unpaired) electrons. The van der Waals surface area contributed by atoms with Crippen molar-refractivity contribution in [3.8, 4) is 0 Å². The Kier molecular flexibility index (Phi) is 5.73. The van der Waals surface area contributed by atoms with Crippen molar-refractivity contribution in [3.63, 3.8) is 0 Å². The standard InChI is InChI=1S/C23H40O4/c1-15(10-13-20-21(3,4)27-22(5,6)26-20)17-11-12-18-19(25-16(2)24)9-8-14-23(17,18)7/h15,17-20H,8-14H2,1-7H3/t15-,17-,18?,19+,20?,23-/m1/s1. The fraction of sp³-hybridized carbons (Fsp3) is 0.957. The summed E-state index contributed by atoms with van der Waals surface area (Å²) in [6.07, 6.45) is 8.44. The monoisotopic (exact) mass is 380 g/mol. The van der Waals surface area contributed by atoms with Crippen LogP contribution in [0.25, 0.3) is 0 Å². The molecule has 1 heterocycles. The average Bonchev–Trinajstić information content (AvgIpc) is 2.97. The van der Waals surface area contributed by atoms with Crippen LogP contribution in [0.3, 0.4) is 0 Å². The van der Waals surface area contributed by atoms with Crippen LogP contribution in [0.4, 0.5) is 0 Å². The van der Waals surface area contributed by atoms with Crippen molar-refractivity contribution >= 4 is 5.97 Å². The molecule has 2 saturated carbocycles. The lowest BCUT2D eigenvalue weighted by molar-refractivity contribution is -0.158. The van der Waals surface area contributed by atoms with E-state index < -0.39 is 5.79 Å². The molecule has 0 bridgehead atoms. The van der Waals surface area contributed by atoms with Crippen molar-refractivity contribution in [3.05, 3.63) is 0 Å². The van der Waals surface area contributed by atoms with Crippen molar-refractivity contribution in [2.24, 2.45) is 23.2 Å². The van der Waals surface area contributed by atoms with E-state index in [2.05, 4.69) is 27.7 Å². The maximum atomic E-state index is 11.5. The molecule has 3 rings (SSSR count). The molecule has 0 aromatic carbocycles. The van der Waals surface area contributed by atoms with Gasteiger partial charge in [0.1, 0.15) is 6.10 Å². The predicted molar refractivity (Wildman–Crippen MR) is 106 cm³/mol. The van der Waals surface area contributed by atoms with Gasteiger partial charge in [-0.3, -0.25) is 4.79 Å². The van der Waals surface area contributed by atoms with E-state index in [-0.39, 0.29) is 23.8 Å². The van der Waals surface area contributed by atoms with Crippen molar-refractivity contribution in [1.29, 1.82) is 0 Å². The third kappa shape index (κ3) is 4.22. The highest BCUT2D eigenvalue weighted by Crippen LogP contribution is 2.59. The topological polar surface area (TPSA) is 44.8 Å². The van der Waals surface area contributed by atoms with Crippen LogP contribution in [0.5, 0.6) is 0 Å². The van der Waals surface area contributed by atoms with Crippen molar-refractivity contribution < 1.29 is 19.0 Å². The van der Waals surface area contributed by atoms with Gasteiger partial charge < -0.3 is 14.2 Å². The summed E-state index contributed by atoms with van der Waals surface area (Å²) in [5, 5.41) is 0. The van der Waals surface area contributed by atoms with Crippen LogP contribution < -0.4 is 0 Å². The number of carbonyl (C=O) groups is 1. The van der Waals surface area contributed by atoms with E-state index in [1.807, 2.05) is 13.8 Å². The van der Waals surface area contributed by atoms with E-state index in [0.717, 1.165) is 12.8 Å². The summed E-state index contributed by atoms with van der Waals surface area (Å²) in [5.74, 6) is 1.29. The molecule has 0 aromatic heterocycles. The molecule has 0 amide bonds. The van der Waals surface area contributed by atoms with E-state index in [1.165, 1.54) is 32.1 Å². The lowest BCUT2D eigenvalue weighted by Gasteiger charge is -2.46. The molecule has 1 aliphatic heterocycles. The van der Waals surface area contributed by atoms with Crippen LogP contribution in [0.15, 0.2) is 0 Å². The van der Waals surface area contributed by atoms with Crippen LogP contribution in [0.1, 0.15) is 93.4 Å². The Morgan fingerprint density at radius 1 is 1.15 bits per heavy atom. The van der Waals surface area contributed by atoms with Gasteiger partial charge in [0.25, 0.3) is 0 Å². The fourth-order valence-corrected chi connectivity index (χ4v) is 6.68. The molecule has 4 nitrogen and oxygen atoms in total. The number of carbonyl (C=O) groups excluding carboxylic acids is 1. The Balaban J connectivity index is 1.62. The van der Waals surface area contributed by atoms with Gasteiger partial charge in [0.15, 0.2) is 5.79 Å². The summed E-state index contributed by atoms with van der Waals surface area (Å²) in [5.41, 5.74) is 0.0796. The molecular formula is C23H40O4. The first-order valence-electron chi connectivity index (χ1n) is 11.0. The van der Waals surface area contributed by atoms with Crippen molar-refractivity contribution in [1.82, 2.24) is 0 Å². The Bertz CT molecular complexity index is 555. The Morgan fingerprint density at radius 3 is 2.44 bits per heavy atom. The zero-order valence-corrected chi connectivity index (χ0v) is 18.5. The molecule has 27 heavy (non-hydrogen) atoms. The number of hydrogen-bond acceptors (Lipinski definition) is 4. The average molecular weight is 381 g/mol. The van der Waals surface area contributed by atoms with Crippen molar-refractivity contribution in [2.45, 2.75) is 117 Å². The molecule has 0 aromatic rings. The van der Waals surface area contributed by atoms with E-state index in [9.17, 15) is 4.79 Å². The quantitative estimate of drug-likeness (QED) is 0.592. The normalized spacial score (nSPS) is 41.1. The summed E-state index contributed by atoms with van der Waals surface area (Å²) in [7, 11) is 0. The SMILES string of the molecule is CC(=O)O[C@H]1CCC[C@@]2(C)C1CC[C@@H]2[C@H](C)CCC1OC(C)(C)OC1(C)C. The van der Waals surface area contributed by atoms with Gasteiger partial charge in [-0.15, -0.1) is 0 Å². The maximum Gasteiger partial charge on any atom is 0.302 e. The summed E-state index contributed by atoms with van der Waals surface area (Å²) in [4.78, 5) is 11.5. The molecule has 4 heteroatoms. The van der Waals surface area contributed by atoms with E-state index in [4.69, 9.17) is 14.2 Å². The first kappa shape index (κ1) is 21.1. The predicted octanol–water partition coefficient (Wildman–Crippen LogP) is 5.48. The number of esters is 1. The summed E-state index contributed by atoms with van der Waals surface area (Å²) in [6, 6.07) is 0. The van der Waals surface area contributed by atoms with Gasteiger partial charge in [-0.2, -0.15) is 0 Å². The third-order valence-electron chi connectivity index (χ3n) is 7.73. The lowest BCUT2D eigenvalue weighted by atomic mass is 9.61. The third-order valence-corrected chi connectivity index (χ3v) is 7.73. The molecule has 3 aliphatic rings. The number of ether oxygens (including phenoxy) is 3. The first-order chi connectivity index (χ1) is 12.4. The summed E-state index contributed by atoms with van der Waals surface area (Å²) in [6.45, 7) is 14.7. The fourth-order valence-electron chi connectivity index (χ4n) is 6.68. The zero-order chi connectivity index (χ0) is 20.0. The van der Waals surface area contributed by atoms with E-state index >= 15 is 0 Å². The Labute approximate surface area is 165 Å². The van der Waals surface area contributed by atoms with Gasteiger partial charge in [0, 0.05) is 12.8 Å². The van der Waals surface area contributed by atoms with Crippen molar-refractivity contribution in [2.75, 3.05) is 0 Å². The van der Waals surface area contributed by atoms with Gasteiger partial charge in [-0.05, 0) is 89.9 Å². The highest BCUT2D eigenvalue weighted by molar-refractivity contribution is 5.66. The van der Waals surface area contributed by atoms with Gasteiger partial charge in [-0.1, -0.05) is 13.8 Å². The molecule has 0 spiro atoms. The Morgan fingerprint density at radius 2 is 1.85 bits per heavy atom. The lowest BCUT2D eigenvalue weighted by Crippen LogP contribution is -2.43. The van der Waals surface area contributed by atoms with Gasteiger partial charge in [-0.25, -0.2) is 0 Å². The van der Waals surface area contributed by atoms with Crippen LogP contribution >= 0.6 is 0 Å². The molecule has 2 aliphatic carbocycles. The summed E-state index contributed by atoms with van der Waals surface area (Å²) >= 11 is 0. The Hall–Kier alpha value is -0.610. The highest BCUT2D eigenvalue weighted by Gasteiger charge is 2.54. The molecule has 6 atom stereocenters. The second-order valence-electron chi connectivity index (χ2n) is 10.6. The van der Waals surface area contributed by atoms with Gasteiger partial charge in [0.05, 0.1) is 11.7 Å². The first-order valence-corrected chi connectivity index (χ1v) is 11.0. The van der Waals surface area contributed by atoms with Crippen LogP contribution in [-0.4, -0.2) is 29.6 Å². The second kappa shape index (κ2) is 7.33. The zero-order valence-electron chi connectivity index (χ0n) is 18.5. The van der Waals surface area contributed by atoms with Crippen LogP contribution in [0, 0.1) is 23.2 Å². The number of fused-ring (bicyclic) bond motifs is 1. The molecule has 1 saturated heterocycles. The number of hydrogen-bond donors (Lipinski definition) is 0. The largest absolute Gasteiger partial charge is 0.462 e. The van der Waals surface area contributed by atoms with E-state index in [1.54, 1.807) is 6.92 Å². The van der Waals surface area contributed by atoms with Crippen LogP contribution in [-0.2, 0) is 19.0 Å². The minimum Gasteiger partial charge on any atom is -0.462 e. The minimum absolute atomic E-state index is 0.121. The highest BCUT2D eigenvalue weighted by atomic mass is 16.8. The summed E-state index contributed by atoms with van der Waals surface area (Å²) < 4.78 is 18.0. The van der Waals surface area contributed by atoms with Gasteiger partial charge in [0.2, 0.25) is 0 Å². The molecule has 156 valence electrons. The molecular weight excluding hydrogens is 340 g/mol. The second-order valence-corrected chi connectivity index (χ2v) is 10.6. The van der Waals surface area contributed by atoms with Crippen LogP contribution in [0.2, 0.25) is 0 Å². The minimum atomic E-state index is -0.484. The molecule has 0 N–H and O–H groups in total. The van der Waals surface area contributed by atoms with Gasteiger partial charge >= 0.3 is 5.97 Å². The molecule has 3 fully saturated rings. The number of rotatable bonds is 5. The maximum absolute atomic E-state index is 11.5. The molecule has 2 unspecified atom stereocenters. The van der Waals surface area contributed by atoms with E-state index in [0.29, 0.717) is 23.2 Å².